The molecule has 0 fully saturated rings. The maximum atomic E-state index is 11.4. The Labute approximate surface area is 110 Å². The maximum Gasteiger partial charge on any atom is 0.249 e. The van der Waals surface area contributed by atoms with Crippen molar-refractivity contribution in [3.05, 3.63) is 53.6 Å². The van der Waals surface area contributed by atoms with Gasteiger partial charge in [-0.1, -0.05) is 30.3 Å². The number of primary amides is 2. The van der Waals surface area contributed by atoms with E-state index in [4.69, 9.17) is 16.7 Å². The van der Waals surface area contributed by atoms with Gasteiger partial charge in [0.05, 0.1) is 12.5 Å². The zero-order valence-corrected chi connectivity index (χ0v) is 10.2. The Morgan fingerprint density at radius 2 is 1.79 bits per heavy atom. The van der Waals surface area contributed by atoms with Gasteiger partial charge < -0.3 is 11.5 Å². The Balaban J connectivity index is 3.11. The fourth-order valence-corrected chi connectivity index (χ4v) is 1.45. The topological polar surface area (TPSA) is 110 Å². The molecule has 0 saturated heterocycles. The molecule has 4 N–H and O–H groups in total. The lowest BCUT2D eigenvalue weighted by Gasteiger charge is -2.02. The number of rotatable bonds is 5. The van der Waals surface area contributed by atoms with Gasteiger partial charge in [0.25, 0.3) is 0 Å². The van der Waals surface area contributed by atoms with Crippen molar-refractivity contribution < 1.29 is 9.59 Å². The highest BCUT2D eigenvalue weighted by molar-refractivity contribution is 6.19. The van der Waals surface area contributed by atoms with Crippen LogP contribution in [0.3, 0.4) is 0 Å². The average molecular weight is 255 g/mol. The number of benzene rings is 1. The second-order valence-electron chi connectivity index (χ2n) is 3.76. The molecule has 0 aliphatic rings. The predicted molar refractivity (Wildman–Crippen MR) is 71.1 cm³/mol. The SMILES string of the molecule is N#C/C(=C\C=C(/C(N)=O)c1ccccc1)CC(N)=O. The zero-order valence-electron chi connectivity index (χ0n) is 10.2. The number of hydrogen-bond donors (Lipinski definition) is 2. The van der Waals surface area contributed by atoms with Crippen LogP contribution in [0.25, 0.3) is 5.57 Å². The molecule has 1 rings (SSSR count). The summed E-state index contributed by atoms with van der Waals surface area (Å²) < 4.78 is 0. The van der Waals surface area contributed by atoms with E-state index in [1.165, 1.54) is 12.2 Å². The number of nitriles is 1. The summed E-state index contributed by atoms with van der Waals surface area (Å²) in [5, 5.41) is 8.83. The van der Waals surface area contributed by atoms with Crippen LogP contribution in [0.15, 0.2) is 48.1 Å². The van der Waals surface area contributed by atoms with Crippen LogP contribution in [-0.2, 0) is 9.59 Å². The molecule has 96 valence electrons. The summed E-state index contributed by atoms with van der Waals surface area (Å²) in [4.78, 5) is 22.1. The van der Waals surface area contributed by atoms with Crippen LogP contribution >= 0.6 is 0 Å². The minimum atomic E-state index is -0.612. The van der Waals surface area contributed by atoms with Gasteiger partial charge in [-0.15, -0.1) is 0 Å². The minimum Gasteiger partial charge on any atom is -0.369 e. The van der Waals surface area contributed by atoms with E-state index in [9.17, 15) is 9.59 Å². The first-order valence-electron chi connectivity index (χ1n) is 5.49. The van der Waals surface area contributed by atoms with Crippen molar-refractivity contribution >= 4 is 17.4 Å². The molecule has 1 aromatic rings. The van der Waals surface area contributed by atoms with Gasteiger partial charge in [-0.25, -0.2) is 0 Å². The number of nitrogens with zero attached hydrogens (tertiary/aromatic N) is 1. The third-order valence-corrected chi connectivity index (χ3v) is 2.31. The molecule has 1 aromatic carbocycles. The van der Waals surface area contributed by atoms with Gasteiger partial charge in [0.15, 0.2) is 0 Å². The number of carbonyl (C=O) groups excluding carboxylic acids is 2. The molecule has 0 unspecified atom stereocenters. The normalized spacial score (nSPS) is 11.7. The predicted octanol–water partition coefficient (Wildman–Crippen LogP) is 0.881. The highest BCUT2D eigenvalue weighted by Crippen LogP contribution is 2.14. The van der Waals surface area contributed by atoms with E-state index in [-0.39, 0.29) is 17.6 Å². The second-order valence-corrected chi connectivity index (χ2v) is 3.76. The molecule has 0 atom stereocenters. The summed E-state index contributed by atoms with van der Waals surface area (Å²) in [6, 6.07) is 10.6. The molecule has 19 heavy (non-hydrogen) atoms. The van der Waals surface area contributed by atoms with Gasteiger partial charge in [-0.2, -0.15) is 5.26 Å². The van der Waals surface area contributed by atoms with E-state index in [2.05, 4.69) is 0 Å². The molecule has 0 heterocycles. The van der Waals surface area contributed by atoms with Gasteiger partial charge >= 0.3 is 0 Å². The summed E-state index contributed by atoms with van der Waals surface area (Å²) in [5.74, 6) is -1.22. The lowest BCUT2D eigenvalue weighted by atomic mass is 10.0. The molecule has 0 radical (unpaired) electrons. The average Bonchev–Trinajstić information content (AvgIpc) is 2.38. The van der Waals surface area contributed by atoms with Crippen molar-refractivity contribution in [3.63, 3.8) is 0 Å². The quantitative estimate of drug-likeness (QED) is 0.463. The van der Waals surface area contributed by atoms with E-state index in [1.54, 1.807) is 24.3 Å². The summed E-state index contributed by atoms with van der Waals surface area (Å²) in [5.41, 5.74) is 11.4. The molecular weight excluding hydrogens is 242 g/mol. The van der Waals surface area contributed by atoms with Crippen LogP contribution in [0.2, 0.25) is 0 Å². The summed E-state index contributed by atoms with van der Waals surface area (Å²) in [7, 11) is 0. The Morgan fingerprint density at radius 1 is 1.16 bits per heavy atom. The Bertz CT molecular complexity index is 580. The first-order valence-corrected chi connectivity index (χ1v) is 5.49. The summed E-state index contributed by atoms with van der Waals surface area (Å²) in [6.07, 6.45) is 2.62. The number of allylic oxidation sites excluding steroid dienone is 2. The highest BCUT2D eigenvalue weighted by atomic mass is 16.1. The van der Waals surface area contributed by atoms with Crippen molar-refractivity contribution in [2.75, 3.05) is 0 Å². The highest BCUT2D eigenvalue weighted by Gasteiger charge is 2.07. The zero-order chi connectivity index (χ0) is 14.3. The largest absolute Gasteiger partial charge is 0.369 e. The molecule has 0 aliphatic heterocycles. The number of hydrogen-bond acceptors (Lipinski definition) is 3. The summed E-state index contributed by atoms with van der Waals surface area (Å²) in [6.45, 7) is 0. The molecule has 5 heteroatoms. The number of nitrogens with two attached hydrogens (primary N) is 2. The summed E-state index contributed by atoms with van der Waals surface area (Å²) >= 11 is 0. The van der Waals surface area contributed by atoms with Crippen molar-refractivity contribution in [2.45, 2.75) is 6.42 Å². The van der Waals surface area contributed by atoms with Crippen molar-refractivity contribution in [1.82, 2.24) is 0 Å². The van der Waals surface area contributed by atoms with Crippen LogP contribution in [0, 0.1) is 11.3 Å². The Kier molecular flexibility index (Phi) is 5.05. The smallest absolute Gasteiger partial charge is 0.249 e. The van der Waals surface area contributed by atoms with E-state index in [0.29, 0.717) is 5.56 Å². The van der Waals surface area contributed by atoms with Gasteiger partial charge in [0.1, 0.15) is 0 Å². The van der Waals surface area contributed by atoms with Crippen molar-refractivity contribution in [1.29, 1.82) is 5.26 Å². The van der Waals surface area contributed by atoms with Crippen LogP contribution in [0.1, 0.15) is 12.0 Å². The second kappa shape index (κ2) is 6.77. The van der Waals surface area contributed by atoms with Gasteiger partial charge in [-0.05, 0) is 17.7 Å². The number of amides is 2. The molecular formula is C14H13N3O2. The molecule has 2 amide bonds. The standard InChI is InChI=1S/C14H13N3O2/c15-9-10(8-13(16)18)6-7-12(14(17)19)11-4-2-1-3-5-11/h1-7H,8H2,(H2,16,18)(H2,17,19)/b10-6-,12-7-. The molecule has 0 aliphatic carbocycles. The van der Waals surface area contributed by atoms with Crippen LogP contribution < -0.4 is 11.5 Å². The van der Waals surface area contributed by atoms with Crippen molar-refractivity contribution in [2.24, 2.45) is 11.5 Å². The molecule has 0 aromatic heterocycles. The van der Waals surface area contributed by atoms with Crippen LogP contribution in [0.5, 0.6) is 0 Å². The lowest BCUT2D eigenvalue weighted by Crippen LogP contribution is -2.13. The van der Waals surface area contributed by atoms with Crippen LogP contribution in [0.4, 0.5) is 0 Å². The van der Waals surface area contributed by atoms with Crippen LogP contribution in [-0.4, -0.2) is 11.8 Å². The Morgan fingerprint density at radius 3 is 2.26 bits per heavy atom. The van der Waals surface area contributed by atoms with Gasteiger partial charge in [0, 0.05) is 11.1 Å². The van der Waals surface area contributed by atoms with Gasteiger partial charge in [0.2, 0.25) is 11.8 Å². The molecule has 0 saturated carbocycles. The molecule has 0 spiro atoms. The Hall–Kier alpha value is -2.87. The minimum absolute atomic E-state index is 0.169. The maximum absolute atomic E-state index is 11.4. The third kappa shape index (κ3) is 4.48. The third-order valence-electron chi connectivity index (χ3n) is 2.31. The first kappa shape index (κ1) is 14.2. The molecule has 0 bridgehead atoms. The monoisotopic (exact) mass is 255 g/mol. The van der Waals surface area contributed by atoms with Crippen molar-refractivity contribution in [3.8, 4) is 6.07 Å². The van der Waals surface area contributed by atoms with E-state index >= 15 is 0 Å². The first-order chi connectivity index (χ1) is 9.04. The lowest BCUT2D eigenvalue weighted by molar-refractivity contribution is -0.117. The van der Waals surface area contributed by atoms with E-state index < -0.39 is 11.8 Å². The fraction of sp³-hybridized carbons (Fsp3) is 0.0714. The van der Waals surface area contributed by atoms with Gasteiger partial charge in [-0.3, -0.25) is 9.59 Å². The van der Waals surface area contributed by atoms with E-state index in [0.717, 1.165) is 0 Å². The fourth-order valence-electron chi connectivity index (χ4n) is 1.45. The number of carbonyl (C=O) groups is 2. The molecule has 5 nitrogen and oxygen atoms in total. The van der Waals surface area contributed by atoms with E-state index in [1.807, 2.05) is 12.1 Å².